The highest BCUT2D eigenvalue weighted by Gasteiger charge is 2.34. The number of carbonyl (C=O) groups is 1. The number of hydrogen-bond acceptors (Lipinski definition) is 3. The van der Waals surface area contributed by atoms with Crippen LogP contribution in [0, 0.1) is 0 Å². The molecular weight excluding hydrogens is 240 g/mol. The number of anilines is 1. The molecule has 2 N–H and O–H groups in total. The van der Waals surface area contributed by atoms with Crippen molar-refractivity contribution in [2.24, 2.45) is 5.73 Å². The lowest BCUT2D eigenvalue weighted by Gasteiger charge is -2.32. The number of rotatable bonds is 1. The van der Waals surface area contributed by atoms with Gasteiger partial charge in [-0.05, 0) is 37.5 Å². The zero-order chi connectivity index (χ0) is 13.6. The predicted molar refractivity (Wildman–Crippen MR) is 74.3 cm³/mol. The molecule has 1 fully saturated rings. The second-order valence-electron chi connectivity index (χ2n) is 5.70. The molecule has 1 heterocycles. The molecule has 4 nitrogen and oxygen atoms in total. The molecule has 0 aromatic heterocycles. The van der Waals surface area contributed by atoms with Crippen LogP contribution in [0.15, 0.2) is 18.2 Å². The van der Waals surface area contributed by atoms with E-state index in [1.54, 1.807) is 18.9 Å². The van der Waals surface area contributed by atoms with E-state index in [0.29, 0.717) is 0 Å². The first-order valence-corrected chi connectivity index (χ1v) is 6.89. The van der Waals surface area contributed by atoms with Crippen LogP contribution in [0.4, 0.5) is 5.69 Å². The number of nitrogens with two attached hydrogens (primary N) is 1. The van der Waals surface area contributed by atoms with Crippen molar-refractivity contribution in [2.75, 3.05) is 11.9 Å². The number of benzene rings is 1. The van der Waals surface area contributed by atoms with Gasteiger partial charge in [0.05, 0.1) is 5.69 Å². The third-order valence-corrected chi connectivity index (χ3v) is 4.37. The number of hydrogen-bond donors (Lipinski definition) is 1. The Bertz CT molecular complexity index is 521. The highest BCUT2D eigenvalue weighted by Crippen LogP contribution is 2.41. The molecule has 1 aliphatic carbocycles. The standard InChI is InChI=1S/C15H20N2O2/c1-10-14(18)17(2)12-9-11(5-6-13(12)19-10)15(16)7-3-4-8-15/h5-6,9-10H,3-4,7-8,16H2,1-2H3. The van der Waals surface area contributed by atoms with Gasteiger partial charge in [0.1, 0.15) is 5.75 Å². The summed E-state index contributed by atoms with van der Waals surface area (Å²) >= 11 is 0. The van der Waals surface area contributed by atoms with Gasteiger partial charge in [0.25, 0.3) is 5.91 Å². The average Bonchev–Trinajstić information content (AvgIpc) is 2.84. The van der Waals surface area contributed by atoms with E-state index in [1.807, 2.05) is 18.2 Å². The third-order valence-electron chi connectivity index (χ3n) is 4.37. The zero-order valence-electron chi connectivity index (χ0n) is 11.5. The second kappa shape index (κ2) is 4.23. The van der Waals surface area contributed by atoms with Gasteiger partial charge in [-0.15, -0.1) is 0 Å². The minimum absolute atomic E-state index is 0.0119. The molecule has 1 saturated carbocycles. The minimum atomic E-state index is -0.415. The van der Waals surface area contributed by atoms with Gasteiger partial charge in [0.2, 0.25) is 0 Å². The second-order valence-corrected chi connectivity index (χ2v) is 5.70. The van der Waals surface area contributed by atoms with Crippen LogP contribution in [-0.2, 0) is 10.3 Å². The lowest BCUT2D eigenvalue weighted by Crippen LogP contribution is -2.42. The van der Waals surface area contributed by atoms with Crippen molar-refractivity contribution in [1.29, 1.82) is 0 Å². The Morgan fingerprint density at radius 3 is 2.74 bits per heavy atom. The number of likely N-dealkylation sites (N-methyl/N-ethyl adjacent to an activating group) is 1. The Morgan fingerprint density at radius 1 is 1.37 bits per heavy atom. The van der Waals surface area contributed by atoms with Crippen LogP contribution in [-0.4, -0.2) is 19.1 Å². The smallest absolute Gasteiger partial charge is 0.267 e. The lowest BCUT2D eigenvalue weighted by atomic mass is 9.89. The maximum atomic E-state index is 12.0. The summed E-state index contributed by atoms with van der Waals surface area (Å²) in [6.45, 7) is 1.77. The van der Waals surface area contributed by atoms with Gasteiger partial charge in [-0.3, -0.25) is 4.79 Å². The van der Waals surface area contributed by atoms with Crippen molar-refractivity contribution >= 4 is 11.6 Å². The lowest BCUT2D eigenvalue weighted by molar-refractivity contribution is -0.125. The zero-order valence-corrected chi connectivity index (χ0v) is 11.5. The summed E-state index contributed by atoms with van der Waals surface area (Å²) < 4.78 is 5.63. The van der Waals surface area contributed by atoms with Gasteiger partial charge in [0, 0.05) is 12.6 Å². The molecule has 1 amide bonds. The molecule has 3 rings (SSSR count). The van der Waals surface area contributed by atoms with Crippen molar-refractivity contribution in [3.05, 3.63) is 23.8 Å². The summed E-state index contributed by atoms with van der Waals surface area (Å²) in [5.41, 5.74) is 8.19. The molecule has 1 aromatic carbocycles. The van der Waals surface area contributed by atoms with Crippen LogP contribution in [0.5, 0.6) is 5.75 Å². The quantitative estimate of drug-likeness (QED) is 0.841. The molecule has 2 aliphatic rings. The van der Waals surface area contributed by atoms with Crippen molar-refractivity contribution < 1.29 is 9.53 Å². The highest BCUT2D eigenvalue weighted by molar-refractivity contribution is 5.99. The number of carbonyl (C=O) groups excluding carboxylic acids is 1. The summed E-state index contributed by atoms with van der Waals surface area (Å²) in [5, 5.41) is 0. The summed E-state index contributed by atoms with van der Waals surface area (Å²) in [6.07, 6.45) is 3.97. The molecule has 0 bridgehead atoms. The molecule has 102 valence electrons. The summed E-state index contributed by atoms with van der Waals surface area (Å²) in [6, 6.07) is 6.00. The van der Waals surface area contributed by atoms with E-state index < -0.39 is 6.10 Å². The van der Waals surface area contributed by atoms with E-state index in [0.717, 1.165) is 29.8 Å². The van der Waals surface area contributed by atoms with Crippen molar-refractivity contribution in [2.45, 2.75) is 44.2 Å². The largest absolute Gasteiger partial charge is 0.479 e. The first-order valence-electron chi connectivity index (χ1n) is 6.89. The Morgan fingerprint density at radius 2 is 2.05 bits per heavy atom. The summed E-state index contributed by atoms with van der Waals surface area (Å²) in [7, 11) is 1.79. The van der Waals surface area contributed by atoms with Crippen LogP contribution in [0.1, 0.15) is 38.2 Å². The molecule has 19 heavy (non-hydrogen) atoms. The fourth-order valence-electron chi connectivity index (χ4n) is 3.12. The molecule has 1 atom stereocenters. The first-order chi connectivity index (χ1) is 9.01. The Balaban J connectivity index is 2.02. The normalized spacial score (nSPS) is 25.1. The fourth-order valence-corrected chi connectivity index (χ4v) is 3.12. The Hall–Kier alpha value is -1.55. The van der Waals surface area contributed by atoms with Crippen LogP contribution in [0.3, 0.4) is 0 Å². The molecule has 0 radical (unpaired) electrons. The van der Waals surface area contributed by atoms with Crippen molar-refractivity contribution in [3.8, 4) is 5.75 Å². The summed E-state index contributed by atoms with van der Waals surface area (Å²) in [5.74, 6) is 0.752. The van der Waals surface area contributed by atoms with E-state index in [1.165, 1.54) is 12.8 Å². The number of nitrogens with zero attached hydrogens (tertiary/aromatic N) is 1. The molecule has 1 aliphatic heterocycles. The summed E-state index contributed by atoms with van der Waals surface area (Å²) in [4.78, 5) is 13.6. The van der Waals surface area contributed by atoms with Crippen LogP contribution >= 0.6 is 0 Å². The fraction of sp³-hybridized carbons (Fsp3) is 0.533. The maximum Gasteiger partial charge on any atom is 0.267 e. The van der Waals surface area contributed by atoms with E-state index in [9.17, 15) is 4.79 Å². The van der Waals surface area contributed by atoms with Gasteiger partial charge < -0.3 is 15.4 Å². The number of ether oxygens (including phenoxy) is 1. The monoisotopic (exact) mass is 260 g/mol. The molecule has 1 unspecified atom stereocenters. The van der Waals surface area contributed by atoms with Crippen molar-refractivity contribution in [1.82, 2.24) is 0 Å². The van der Waals surface area contributed by atoms with Crippen LogP contribution in [0.25, 0.3) is 0 Å². The third kappa shape index (κ3) is 1.91. The number of fused-ring (bicyclic) bond motifs is 1. The molecule has 4 heteroatoms. The Labute approximate surface area is 113 Å². The number of amides is 1. The highest BCUT2D eigenvalue weighted by atomic mass is 16.5. The first kappa shape index (κ1) is 12.5. The maximum absolute atomic E-state index is 12.0. The SMILES string of the molecule is CC1Oc2ccc(C3(N)CCCC3)cc2N(C)C1=O. The molecule has 1 aromatic rings. The average molecular weight is 260 g/mol. The van der Waals surface area contributed by atoms with Gasteiger partial charge in [-0.25, -0.2) is 0 Å². The molecular formula is C15H20N2O2. The Kier molecular flexibility index (Phi) is 2.78. The van der Waals surface area contributed by atoms with Crippen LogP contribution < -0.4 is 15.4 Å². The van der Waals surface area contributed by atoms with E-state index >= 15 is 0 Å². The van der Waals surface area contributed by atoms with Gasteiger partial charge >= 0.3 is 0 Å². The predicted octanol–water partition coefficient (Wildman–Crippen LogP) is 2.16. The van der Waals surface area contributed by atoms with Gasteiger partial charge in [-0.1, -0.05) is 18.9 Å². The van der Waals surface area contributed by atoms with Crippen molar-refractivity contribution in [3.63, 3.8) is 0 Å². The molecule has 0 spiro atoms. The van der Waals surface area contributed by atoms with Gasteiger partial charge in [-0.2, -0.15) is 0 Å². The molecule has 0 saturated heterocycles. The van der Waals surface area contributed by atoms with E-state index in [2.05, 4.69) is 0 Å². The van der Waals surface area contributed by atoms with Gasteiger partial charge in [0.15, 0.2) is 6.10 Å². The topological polar surface area (TPSA) is 55.6 Å². The van der Waals surface area contributed by atoms with E-state index in [-0.39, 0.29) is 11.4 Å². The van der Waals surface area contributed by atoms with Crippen LogP contribution in [0.2, 0.25) is 0 Å². The minimum Gasteiger partial charge on any atom is -0.479 e. The van der Waals surface area contributed by atoms with E-state index in [4.69, 9.17) is 10.5 Å².